The maximum absolute atomic E-state index is 6.73. The molecule has 0 amide bonds. The van der Waals surface area contributed by atoms with E-state index in [0.29, 0.717) is 0 Å². The average Bonchev–Trinajstić information content (AvgIpc) is 3.92. The summed E-state index contributed by atoms with van der Waals surface area (Å²) in [5, 5.41) is 12.5. The fraction of sp³-hybridized carbons (Fsp3) is 0.0526. The molecule has 0 fully saturated rings. The van der Waals surface area contributed by atoms with E-state index in [0.717, 1.165) is 16.6 Å². The minimum atomic E-state index is -0.109. The van der Waals surface area contributed by atoms with Crippen molar-refractivity contribution in [2.24, 2.45) is 0 Å². The molecule has 1 nitrogen and oxygen atoms in total. The third-order valence-electron chi connectivity index (χ3n) is 13.2. The van der Waals surface area contributed by atoms with E-state index in [1.807, 2.05) is 11.3 Å². The Bertz CT molecular complexity index is 3690. The zero-order valence-electron chi connectivity index (χ0n) is 32.6. The molecule has 276 valence electrons. The van der Waals surface area contributed by atoms with Crippen LogP contribution in [-0.2, 0) is 5.41 Å². The lowest BCUT2D eigenvalue weighted by atomic mass is 9.80. The Morgan fingerprint density at radius 2 is 1.00 bits per heavy atom. The van der Waals surface area contributed by atoms with Crippen molar-refractivity contribution in [2.75, 3.05) is 0 Å². The van der Waals surface area contributed by atoms with Gasteiger partial charge >= 0.3 is 0 Å². The van der Waals surface area contributed by atoms with Crippen LogP contribution in [0.4, 0.5) is 0 Å². The first-order valence-electron chi connectivity index (χ1n) is 20.5. The van der Waals surface area contributed by atoms with Gasteiger partial charge in [-0.2, -0.15) is 0 Å². The number of hydrogen-bond acceptors (Lipinski definition) is 2. The van der Waals surface area contributed by atoms with Crippen molar-refractivity contribution in [3.63, 3.8) is 0 Å². The van der Waals surface area contributed by atoms with Crippen LogP contribution in [0.25, 0.3) is 119 Å². The Morgan fingerprint density at radius 3 is 1.76 bits per heavy atom. The number of furan rings is 1. The Balaban J connectivity index is 0.918. The third kappa shape index (κ3) is 4.61. The summed E-state index contributed by atoms with van der Waals surface area (Å²) in [5.41, 5.74) is 14.6. The fourth-order valence-electron chi connectivity index (χ4n) is 10.6. The summed E-state index contributed by atoms with van der Waals surface area (Å²) in [6, 6.07) is 67.5. The van der Waals surface area contributed by atoms with Crippen LogP contribution in [0.1, 0.15) is 25.0 Å². The predicted molar refractivity (Wildman–Crippen MR) is 253 cm³/mol. The van der Waals surface area contributed by atoms with E-state index >= 15 is 0 Å². The second-order valence-corrected chi connectivity index (χ2v) is 17.8. The van der Waals surface area contributed by atoms with Crippen molar-refractivity contribution >= 4 is 85.8 Å². The first kappa shape index (κ1) is 33.0. The molecule has 0 saturated carbocycles. The quantitative estimate of drug-likeness (QED) is 0.163. The molecule has 0 radical (unpaired) electrons. The van der Waals surface area contributed by atoms with E-state index in [-0.39, 0.29) is 5.41 Å². The topological polar surface area (TPSA) is 13.1 Å². The van der Waals surface area contributed by atoms with Gasteiger partial charge in [-0.15, -0.1) is 11.3 Å². The van der Waals surface area contributed by atoms with Crippen molar-refractivity contribution in [3.05, 3.63) is 193 Å². The van der Waals surface area contributed by atoms with Gasteiger partial charge in [0, 0.05) is 41.7 Å². The molecule has 0 N–H and O–H groups in total. The summed E-state index contributed by atoms with van der Waals surface area (Å²) in [6.07, 6.45) is 0. The van der Waals surface area contributed by atoms with Crippen molar-refractivity contribution < 1.29 is 4.42 Å². The van der Waals surface area contributed by atoms with E-state index in [2.05, 4.69) is 196 Å². The lowest BCUT2D eigenvalue weighted by molar-refractivity contribution is 0.658. The Morgan fingerprint density at radius 1 is 0.407 bits per heavy atom. The lowest BCUT2D eigenvalue weighted by Gasteiger charge is -2.22. The van der Waals surface area contributed by atoms with Gasteiger partial charge in [0.2, 0.25) is 0 Å². The summed E-state index contributed by atoms with van der Waals surface area (Å²) >= 11 is 1.87. The van der Waals surface area contributed by atoms with Gasteiger partial charge in [-0.3, -0.25) is 0 Å². The molecule has 0 aliphatic heterocycles. The molecule has 0 unspecified atom stereocenters. The molecule has 0 atom stereocenters. The number of hydrogen-bond donors (Lipinski definition) is 0. The molecule has 0 spiro atoms. The smallest absolute Gasteiger partial charge is 0.143 e. The highest BCUT2D eigenvalue weighted by atomic mass is 32.1. The summed E-state index contributed by atoms with van der Waals surface area (Å²) in [6.45, 7) is 4.70. The molecular formula is C57H36OS. The van der Waals surface area contributed by atoms with Crippen LogP contribution in [-0.4, -0.2) is 0 Å². The van der Waals surface area contributed by atoms with Crippen LogP contribution in [0.5, 0.6) is 0 Å². The van der Waals surface area contributed by atoms with Crippen molar-refractivity contribution in [1.82, 2.24) is 0 Å². The second-order valence-electron chi connectivity index (χ2n) is 16.7. The SMILES string of the molecule is CC1(C)c2ccccc2-c2ccc3oc4c5ccc(-c6ccc(-c7c8ccccc8c(-c8ccc9sc%10ccccc%10c9c8)c8ccccc78)cc6)cc5ccc4c3c21. The Hall–Kier alpha value is -7.00. The largest absolute Gasteiger partial charge is 0.455 e. The monoisotopic (exact) mass is 768 g/mol. The third-order valence-corrected chi connectivity index (χ3v) is 14.4. The highest BCUT2D eigenvalue weighted by Gasteiger charge is 2.38. The maximum Gasteiger partial charge on any atom is 0.143 e. The normalized spacial score (nSPS) is 13.4. The first-order valence-corrected chi connectivity index (χ1v) is 21.3. The highest BCUT2D eigenvalue weighted by Crippen LogP contribution is 2.53. The van der Waals surface area contributed by atoms with Gasteiger partial charge in [0.1, 0.15) is 11.2 Å². The molecule has 13 rings (SSSR count). The minimum Gasteiger partial charge on any atom is -0.455 e. The molecule has 1 aliphatic carbocycles. The fourth-order valence-corrected chi connectivity index (χ4v) is 11.7. The molecule has 0 saturated heterocycles. The minimum absolute atomic E-state index is 0.109. The second kappa shape index (κ2) is 12.0. The number of fused-ring (bicyclic) bond motifs is 14. The van der Waals surface area contributed by atoms with Crippen LogP contribution in [0.2, 0.25) is 0 Å². The van der Waals surface area contributed by atoms with Gasteiger partial charge in [0.15, 0.2) is 0 Å². The van der Waals surface area contributed by atoms with Crippen molar-refractivity contribution in [2.45, 2.75) is 19.3 Å². The molecule has 2 heterocycles. The van der Waals surface area contributed by atoms with E-state index in [4.69, 9.17) is 4.42 Å². The van der Waals surface area contributed by atoms with Crippen molar-refractivity contribution in [1.29, 1.82) is 0 Å². The number of thiophene rings is 1. The average molecular weight is 769 g/mol. The summed E-state index contributed by atoms with van der Waals surface area (Å²) < 4.78 is 9.39. The molecule has 12 aromatic rings. The first-order chi connectivity index (χ1) is 29.0. The summed E-state index contributed by atoms with van der Waals surface area (Å²) in [7, 11) is 0. The molecule has 10 aromatic carbocycles. The highest BCUT2D eigenvalue weighted by molar-refractivity contribution is 7.25. The predicted octanol–water partition coefficient (Wildman–Crippen LogP) is 16.7. The molecule has 1 aliphatic rings. The van der Waals surface area contributed by atoms with Gasteiger partial charge < -0.3 is 4.42 Å². The van der Waals surface area contributed by atoms with Crippen LogP contribution in [0.15, 0.2) is 186 Å². The van der Waals surface area contributed by atoms with Crippen molar-refractivity contribution in [3.8, 4) is 44.5 Å². The van der Waals surface area contributed by atoms with Gasteiger partial charge in [0.05, 0.1) is 0 Å². The zero-order valence-corrected chi connectivity index (χ0v) is 33.5. The maximum atomic E-state index is 6.73. The van der Waals surface area contributed by atoms with Crippen LogP contribution >= 0.6 is 11.3 Å². The molecular weight excluding hydrogens is 733 g/mol. The van der Waals surface area contributed by atoms with Gasteiger partial charge in [0.25, 0.3) is 0 Å². The summed E-state index contributed by atoms with van der Waals surface area (Å²) in [5.74, 6) is 0. The standard InChI is InChI=1S/C57H36OS/c1-57(2)48-17-9-7-11-39(48)45-28-29-49-54(55(45)57)46-27-24-36-31-35(23-26-38(36)56(46)58-49)33-19-21-34(22-20-33)52-41-13-3-5-15-43(41)53(44-16-6-4-14-42(44)52)37-25-30-51-47(32-37)40-12-8-10-18-50(40)59-51/h3-32H,1-2H3. The van der Waals surface area contributed by atoms with E-state index in [1.165, 1.54) is 114 Å². The molecule has 2 aromatic heterocycles. The number of benzene rings is 10. The molecule has 2 heteroatoms. The van der Waals surface area contributed by atoms with E-state index in [1.54, 1.807) is 0 Å². The van der Waals surface area contributed by atoms with Gasteiger partial charge in [-0.25, -0.2) is 0 Å². The van der Waals surface area contributed by atoms with Crippen LogP contribution in [0.3, 0.4) is 0 Å². The van der Waals surface area contributed by atoms with Gasteiger partial charge in [-0.1, -0.05) is 153 Å². The summed E-state index contributed by atoms with van der Waals surface area (Å²) in [4.78, 5) is 0. The Labute approximate surface area is 345 Å². The Kier molecular flexibility index (Phi) is 6.73. The zero-order chi connectivity index (χ0) is 39.0. The number of rotatable bonds is 3. The van der Waals surface area contributed by atoms with E-state index < -0.39 is 0 Å². The molecule has 0 bridgehead atoms. The van der Waals surface area contributed by atoms with Gasteiger partial charge in [-0.05, 0) is 125 Å². The van der Waals surface area contributed by atoms with Crippen LogP contribution < -0.4 is 0 Å². The lowest BCUT2D eigenvalue weighted by Crippen LogP contribution is -2.15. The van der Waals surface area contributed by atoms with E-state index in [9.17, 15) is 0 Å². The molecule has 59 heavy (non-hydrogen) atoms. The van der Waals surface area contributed by atoms with Crippen LogP contribution in [0, 0.1) is 0 Å².